The molecule has 0 amide bonds. The van der Waals surface area contributed by atoms with Gasteiger partial charge in [-0.25, -0.2) is 13.1 Å². The lowest BCUT2D eigenvalue weighted by molar-refractivity contribution is 0.265. The van der Waals surface area contributed by atoms with Crippen molar-refractivity contribution >= 4 is 38.9 Å². The van der Waals surface area contributed by atoms with Gasteiger partial charge in [0.05, 0.1) is 22.3 Å². The topological polar surface area (TPSA) is 92.4 Å². The van der Waals surface area contributed by atoms with Crippen molar-refractivity contribution in [2.24, 2.45) is 0 Å². The van der Waals surface area contributed by atoms with Crippen LogP contribution in [-0.4, -0.2) is 26.2 Å². The molecule has 8 heteroatoms. The number of rotatable bonds is 4. The molecule has 1 aromatic rings. The molecule has 0 radical (unpaired) electrons. The molecule has 0 aliphatic rings. The van der Waals surface area contributed by atoms with E-state index in [0.717, 1.165) is 0 Å². The minimum atomic E-state index is -3.82. The van der Waals surface area contributed by atoms with Gasteiger partial charge >= 0.3 is 0 Å². The molecule has 0 fully saturated rings. The van der Waals surface area contributed by atoms with Crippen LogP contribution in [0.25, 0.3) is 0 Å². The molecule has 0 aliphatic heterocycles. The molecule has 1 rings (SSSR count). The molecule has 0 aliphatic carbocycles. The van der Waals surface area contributed by atoms with E-state index in [4.69, 9.17) is 34.0 Å². The van der Waals surface area contributed by atoms with E-state index in [1.807, 2.05) is 0 Å². The first kappa shape index (κ1) is 14.5. The highest BCUT2D eigenvalue weighted by molar-refractivity contribution is 7.89. The number of anilines is 1. The second-order valence-electron chi connectivity index (χ2n) is 3.48. The first-order valence-corrected chi connectivity index (χ1v) is 6.90. The summed E-state index contributed by atoms with van der Waals surface area (Å²) in [6.07, 6.45) is 0. The number of sulfonamides is 1. The van der Waals surface area contributed by atoms with Crippen molar-refractivity contribution in [3.8, 4) is 0 Å². The summed E-state index contributed by atoms with van der Waals surface area (Å²) < 4.78 is 26.0. The van der Waals surface area contributed by atoms with E-state index in [-0.39, 0.29) is 27.2 Å². The van der Waals surface area contributed by atoms with Crippen molar-refractivity contribution in [1.29, 1.82) is 0 Å². The number of nitrogens with two attached hydrogens (primary N) is 1. The highest BCUT2D eigenvalue weighted by Crippen LogP contribution is 2.32. The van der Waals surface area contributed by atoms with Crippen LogP contribution in [0.4, 0.5) is 5.69 Å². The van der Waals surface area contributed by atoms with Gasteiger partial charge in [-0.3, -0.25) is 0 Å². The molecular weight excluding hydrogens is 287 g/mol. The smallest absolute Gasteiger partial charge is 0.242 e. The maximum absolute atomic E-state index is 11.9. The number of halogens is 2. The summed E-state index contributed by atoms with van der Waals surface area (Å²) in [4.78, 5) is -0.165. The van der Waals surface area contributed by atoms with Crippen molar-refractivity contribution < 1.29 is 13.5 Å². The number of nitrogen functional groups attached to an aromatic ring is 1. The van der Waals surface area contributed by atoms with Crippen LogP contribution in [0.15, 0.2) is 17.0 Å². The second-order valence-corrected chi connectivity index (χ2v) is 5.95. The quantitative estimate of drug-likeness (QED) is 0.729. The molecule has 96 valence electrons. The van der Waals surface area contributed by atoms with Crippen LogP contribution in [0.5, 0.6) is 0 Å². The molecule has 4 N–H and O–H groups in total. The van der Waals surface area contributed by atoms with E-state index in [0.29, 0.717) is 0 Å². The van der Waals surface area contributed by atoms with Gasteiger partial charge in [0, 0.05) is 6.04 Å². The average Bonchev–Trinajstić information content (AvgIpc) is 2.24. The summed E-state index contributed by atoms with van der Waals surface area (Å²) in [5, 5.41) is 8.86. The third-order valence-corrected chi connectivity index (χ3v) is 4.49. The molecule has 0 spiro atoms. The summed E-state index contributed by atoms with van der Waals surface area (Å²) in [6.45, 7) is 1.20. The molecule has 1 aromatic carbocycles. The summed E-state index contributed by atoms with van der Waals surface area (Å²) in [7, 11) is -3.82. The molecule has 5 nitrogen and oxygen atoms in total. The molecule has 0 saturated carbocycles. The first-order valence-electron chi connectivity index (χ1n) is 4.66. The highest BCUT2D eigenvalue weighted by Gasteiger charge is 2.22. The Hall–Kier alpha value is -0.530. The fourth-order valence-electron chi connectivity index (χ4n) is 1.12. The maximum atomic E-state index is 11.9. The zero-order valence-corrected chi connectivity index (χ0v) is 11.3. The number of benzene rings is 1. The van der Waals surface area contributed by atoms with Gasteiger partial charge in [0.15, 0.2) is 0 Å². The van der Waals surface area contributed by atoms with Crippen molar-refractivity contribution in [2.75, 3.05) is 12.3 Å². The van der Waals surface area contributed by atoms with Gasteiger partial charge in [0.1, 0.15) is 4.90 Å². The minimum Gasteiger partial charge on any atom is -0.396 e. The van der Waals surface area contributed by atoms with Crippen molar-refractivity contribution in [2.45, 2.75) is 17.9 Å². The van der Waals surface area contributed by atoms with Gasteiger partial charge in [-0.2, -0.15) is 0 Å². The largest absolute Gasteiger partial charge is 0.396 e. The number of aliphatic hydroxyl groups is 1. The molecule has 0 bridgehead atoms. The van der Waals surface area contributed by atoms with Gasteiger partial charge in [-0.15, -0.1) is 0 Å². The maximum Gasteiger partial charge on any atom is 0.242 e. The SMILES string of the molecule is C[C@H](CO)NS(=O)(=O)c1ccc(Cl)c(N)c1Cl. The van der Waals surface area contributed by atoms with Crippen molar-refractivity contribution in [3.63, 3.8) is 0 Å². The van der Waals surface area contributed by atoms with Gasteiger partial charge in [0.2, 0.25) is 10.0 Å². The van der Waals surface area contributed by atoms with E-state index >= 15 is 0 Å². The lowest BCUT2D eigenvalue weighted by Gasteiger charge is -2.13. The Morgan fingerprint density at radius 2 is 2.06 bits per heavy atom. The molecule has 1 atom stereocenters. The Bertz CT molecular complexity index is 519. The van der Waals surface area contributed by atoms with Crippen LogP contribution in [0, 0.1) is 0 Å². The zero-order valence-electron chi connectivity index (χ0n) is 8.94. The highest BCUT2D eigenvalue weighted by atomic mass is 35.5. The number of nitrogens with one attached hydrogen (secondary N) is 1. The second kappa shape index (κ2) is 5.41. The Morgan fingerprint density at radius 1 is 1.47 bits per heavy atom. The predicted molar refractivity (Wildman–Crippen MR) is 67.7 cm³/mol. The summed E-state index contributed by atoms with van der Waals surface area (Å²) >= 11 is 11.5. The van der Waals surface area contributed by atoms with E-state index in [2.05, 4.69) is 4.72 Å². The van der Waals surface area contributed by atoms with Crippen LogP contribution in [-0.2, 0) is 10.0 Å². The van der Waals surface area contributed by atoms with Crippen molar-refractivity contribution in [3.05, 3.63) is 22.2 Å². The molecule has 0 unspecified atom stereocenters. The monoisotopic (exact) mass is 298 g/mol. The van der Waals surface area contributed by atoms with E-state index < -0.39 is 16.1 Å². The van der Waals surface area contributed by atoms with E-state index in [1.165, 1.54) is 19.1 Å². The molecule has 17 heavy (non-hydrogen) atoms. The molecular formula is C9H12Cl2N2O3S. The van der Waals surface area contributed by atoms with Gasteiger partial charge in [-0.1, -0.05) is 23.2 Å². The fraction of sp³-hybridized carbons (Fsp3) is 0.333. The third kappa shape index (κ3) is 3.23. The van der Waals surface area contributed by atoms with Crippen LogP contribution < -0.4 is 10.5 Å². The number of hydrogen-bond donors (Lipinski definition) is 3. The van der Waals surface area contributed by atoms with Crippen LogP contribution in [0.3, 0.4) is 0 Å². The Balaban J connectivity index is 3.21. The number of hydrogen-bond acceptors (Lipinski definition) is 4. The van der Waals surface area contributed by atoms with Gasteiger partial charge < -0.3 is 10.8 Å². The standard InChI is InChI=1S/C9H12Cl2N2O3S/c1-5(4-14)13-17(15,16)7-3-2-6(10)9(12)8(7)11/h2-3,5,13-14H,4,12H2,1H3/t5-/m1/s1. The fourth-order valence-corrected chi connectivity index (χ4v) is 3.12. The van der Waals surface area contributed by atoms with E-state index in [9.17, 15) is 8.42 Å². The van der Waals surface area contributed by atoms with Gasteiger partial charge in [-0.05, 0) is 19.1 Å². The summed E-state index contributed by atoms with van der Waals surface area (Å²) in [6, 6.07) is 1.99. The Morgan fingerprint density at radius 3 is 2.59 bits per heavy atom. The zero-order chi connectivity index (χ0) is 13.2. The Labute approximate surface area is 110 Å². The van der Waals surface area contributed by atoms with Gasteiger partial charge in [0.25, 0.3) is 0 Å². The first-order chi connectivity index (χ1) is 7.79. The summed E-state index contributed by atoms with van der Waals surface area (Å²) in [5.41, 5.74) is 5.54. The number of aliphatic hydroxyl groups excluding tert-OH is 1. The molecule has 0 saturated heterocycles. The van der Waals surface area contributed by atoms with Crippen LogP contribution >= 0.6 is 23.2 Å². The van der Waals surface area contributed by atoms with Crippen molar-refractivity contribution in [1.82, 2.24) is 4.72 Å². The minimum absolute atomic E-state index is 0.00728. The Kier molecular flexibility index (Phi) is 4.62. The lowest BCUT2D eigenvalue weighted by atomic mass is 10.3. The predicted octanol–water partition coefficient (Wildman–Crippen LogP) is 1.23. The molecule has 0 heterocycles. The van der Waals surface area contributed by atoms with E-state index in [1.54, 1.807) is 0 Å². The third-order valence-electron chi connectivity index (χ3n) is 2.01. The van der Waals surface area contributed by atoms with Crippen LogP contribution in [0.1, 0.15) is 6.92 Å². The lowest BCUT2D eigenvalue weighted by Crippen LogP contribution is -2.35. The average molecular weight is 299 g/mol. The molecule has 0 aromatic heterocycles. The van der Waals surface area contributed by atoms with Crippen LogP contribution in [0.2, 0.25) is 10.0 Å². The normalized spacial score (nSPS) is 13.6. The summed E-state index contributed by atoms with van der Waals surface area (Å²) in [5.74, 6) is 0.